The summed E-state index contributed by atoms with van der Waals surface area (Å²) < 4.78 is 0. The second kappa shape index (κ2) is 4.12. The standard InChI is InChI=1S/C14H16N2O2/c1-9-2-3-10(6-15-9)11-4-12-7-16(14(17)18)8-13(12)5-11/h2-4,6,12-13H,5,7-8H2,1H3,(H,17,18). The van der Waals surface area contributed by atoms with Gasteiger partial charge in [0.1, 0.15) is 0 Å². The predicted molar refractivity (Wildman–Crippen MR) is 68.1 cm³/mol. The second-order valence-corrected chi connectivity index (χ2v) is 5.20. The molecule has 1 aromatic heterocycles. The van der Waals surface area contributed by atoms with Gasteiger partial charge in [0, 0.05) is 25.0 Å². The summed E-state index contributed by atoms with van der Waals surface area (Å²) in [6.45, 7) is 3.29. The van der Waals surface area contributed by atoms with Crippen molar-refractivity contribution >= 4 is 11.7 Å². The summed E-state index contributed by atoms with van der Waals surface area (Å²) in [5.41, 5.74) is 3.52. The maximum absolute atomic E-state index is 10.9. The van der Waals surface area contributed by atoms with Crippen molar-refractivity contribution in [3.8, 4) is 0 Å². The van der Waals surface area contributed by atoms with Crippen molar-refractivity contribution in [1.82, 2.24) is 9.88 Å². The van der Waals surface area contributed by atoms with Crippen molar-refractivity contribution in [1.29, 1.82) is 0 Å². The van der Waals surface area contributed by atoms with E-state index in [9.17, 15) is 4.79 Å². The minimum absolute atomic E-state index is 0.386. The smallest absolute Gasteiger partial charge is 0.407 e. The van der Waals surface area contributed by atoms with Crippen LogP contribution in [0.4, 0.5) is 4.79 Å². The molecule has 0 saturated carbocycles. The van der Waals surface area contributed by atoms with Crippen LogP contribution in [0, 0.1) is 18.8 Å². The van der Waals surface area contributed by atoms with Gasteiger partial charge in [-0.25, -0.2) is 4.79 Å². The van der Waals surface area contributed by atoms with Crippen LogP contribution in [-0.4, -0.2) is 34.2 Å². The molecule has 2 unspecified atom stereocenters. The fourth-order valence-corrected chi connectivity index (χ4v) is 2.94. The zero-order valence-corrected chi connectivity index (χ0v) is 10.3. The molecule has 1 aromatic rings. The van der Waals surface area contributed by atoms with Crippen molar-refractivity contribution in [3.63, 3.8) is 0 Å². The molecule has 3 rings (SSSR count). The molecule has 2 heterocycles. The highest BCUT2D eigenvalue weighted by Gasteiger charge is 2.38. The van der Waals surface area contributed by atoms with E-state index >= 15 is 0 Å². The third-order valence-corrected chi connectivity index (χ3v) is 3.94. The van der Waals surface area contributed by atoms with Gasteiger partial charge in [-0.1, -0.05) is 12.1 Å². The first-order valence-corrected chi connectivity index (χ1v) is 6.25. The van der Waals surface area contributed by atoms with E-state index in [2.05, 4.69) is 17.1 Å². The highest BCUT2D eigenvalue weighted by Crippen LogP contribution is 2.40. The Morgan fingerprint density at radius 2 is 2.28 bits per heavy atom. The average molecular weight is 244 g/mol. The van der Waals surface area contributed by atoms with E-state index in [-0.39, 0.29) is 0 Å². The molecule has 1 fully saturated rings. The largest absolute Gasteiger partial charge is 0.465 e. The Morgan fingerprint density at radius 3 is 2.89 bits per heavy atom. The summed E-state index contributed by atoms with van der Waals surface area (Å²) in [6, 6.07) is 4.12. The van der Waals surface area contributed by atoms with Gasteiger partial charge in [0.15, 0.2) is 0 Å². The van der Waals surface area contributed by atoms with Gasteiger partial charge in [0.2, 0.25) is 0 Å². The first-order valence-electron chi connectivity index (χ1n) is 6.25. The molecule has 0 radical (unpaired) electrons. The van der Waals surface area contributed by atoms with Crippen molar-refractivity contribution in [2.75, 3.05) is 13.1 Å². The van der Waals surface area contributed by atoms with E-state index in [1.807, 2.05) is 19.2 Å². The Hall–Kier alpha value is -1.84. The van der Waals surface area contributed by atoms with Crippen molar-refractivity contribution in [3.05, 3.63) is 35.7 Å². The SMILES string of the molecule is Cc1ccc(C2=CC3CN(C(=O)O)CC3C2)cn1. The highest BCUT2D eigenvalue weighted by molar-refractivity contribution is 5.70. The number of aromatic nitrogens is 1. The van der Waals surface area contributed by atoms with E-state index in [1.165, 1.54) is 16.0 Å². The van der Waals surface area contributed by atoms with Crippen LogP contribution in [0.15, 0.2) is 24.4 Å². The molecule has 0 spiro atoms. The normalized spacial score (nSPS) is 26.1. The molecule has 1 N–H and O–H groups in total. The summed E-state index contributed by atoms with van der Waals surface area (Å²) in [4.78, 5) is 16.8. The topological polar surface area (TPSA) is 53.4 Å². The van der Waals surface area contributed by atoms with Gasteiger partial charge in [-0.05, 0) is 42.4 Å². The van der Waals surface area contributed by atoms with Crippen molar-refractivity contribution < 1.29 is 9.90 Å². The number of rotatable bonds is 1. The maximum Gasteiger partial charge on any atom is 0.407 e. The molecule has 1 aliphatic heterocycles. The number of nitrogens with zero attached hydrogens (tertiary/aromatic N) is 2. The Labute approximate surface area is 106 Å². The molecule has 94 valence electrons. The fourth-order valence-electron chi connectivity index (χ4n) is 2.94. The molecule has 2 atom stereocenters. The Bertz CT molecular complexity index is 507. The second-order valence-electron chi connectivity index (χ2n) is 5.20. The van der Waals surface area contributed by atoms with E-state index in [1.54, 1.807) is 0 Å². The number of hydrogen-bond donors (Lipinski definition) is 1. The van der Waals surface area contributed by atoms with Crippen LogP contribution in [0.25, 0.3) is 5.57 Å². The lowest BCUT2D eigenvalue weighted by atomic mass is 9.99. The van der Waals surface area contributed by atoms with Crippen LogP contribution in [0.5, 0.6) is 0 Å². The molecule has 1 aliphatic carbocycles. The summed E-state index contributed by atoms with van der Waals surface area (Å²) in [7, 11) is 0. The summed E-state index contributed by atoms with van der Waals surface area (Å²) in [5, 5.41) is 8.98. The molecule has 4 nitrogen and oxygen atoms in total. The lowest BCUT2D eigenvalue weighted by Crippen LogP contribution is -2.27. The lowest BCUT2D eigenvalue weighted by molar-refractivity contribution is 0.153. The number of pyridine rings is 1. The molecule has 2 aliphatic rings. The Balaban J connectivity index is 1.77. The number of fused-ring (bicyclic) bond motifs is 1. The molecule has 0 aromatic carbocycles. The van der Waals surface area contributed by atoms with Crippen LogP contribution in [0.3, 0.4) is 0 Å². The summed E-state index contributed by atoms with van der Waals surface area (Å²) in [5.74, 6) is 0.842. The fraction of sp³-hybridized carbons (Fsp3) is 0.429. The third-order valence-electron chi connectivity index (χ3n) is 3.94. The molecule has 0 bridgehead atoms. The number of allylic oxidation sites excluding steroid dienone is 1. The van der Waals surface area contributed by atoms with Crippen LogP contribution in [0.2, 0.25) is 0 Å². The minimum atomic E-state index is -0.795. The van der Waals surface area contributed by atoms with Gasteiger partial charge in [-0.15, -0.1) is 0 Å². The Kier molecular flexibility index (Phi) is 2.58. The Morgan fingerprint density at radius 1 is 1.44 bits per heavy atom. The number of carbonyl (C=O) groups is 1. The van der Waals surface area contributed by atoms with Gasteiger partial charge in [-0.3, -0.25) is 4.98 Å². The first kappa shape index (κ1) is 11.3. The van der Waals surface area contributed by atoms with E-state index < -0.39 is 6.09 Å². The van der Waals surface area contributed by atoms with Gasteiger partial charge < -0.3 is 10.0 Å². The first-order chi connectivity index (χ1) is 8.63. The predicted octanol–water partition coefficient (Wildman–Crippen LogP) is 2.40. The molecule has 18 heavy (non-hydrogen) atoms. The molecule has 1 amide bonds. The number of likely N-dealkylation sites (tertiary alicyclic amines) is 1. The quantitative estimate of drug-likeness (QED) is 0.825. The van der Waals surface area contributed by atoms with E-state index in [0.717, 1.165) is 12.1 Å². The number of hydrogen-bond acceptors (Lipinski definition) is 2. The lowest BCUT2D eigenvalue weighted by Gasteiger charge is -2.12. The minimum Gasteiger partial charge on any atom is -0.465 e. The van der Waals surface area contributed by atoms with Crippen LogP contribution < -0.4 is 0 Å². The van der Waals surface area contributed by atoms with Crippen LogP contribution in [0.1, 0.15) is 17.7 Å². The molecule has 4 heteroatoms. The zero-order valence-electron chi connectivity index (χ0n) is 10.3. The monoisotopic (exact) mass is 244 g/mol. The van der Waals surface area contributed by atoms with Gasteiger partial charge in [-0.2, -0.15) is 0 Å². The zero-order chi connectivity index (χ0) is 12.7. The molecule has 1 saturated heterocycles. The number of amides is 1. The van der Waals surface area contributed by atoms with Gasteiger partial charge in [0.25, 0.3) is 0 Å². The number of aryl methyl sites for hydroxylation is 1. The molecular weight excluding hydrogens is 228 g/mol. The molecular formula is C14H16N2O2. The van der Waals surface area contributed by atoms with E-state index in [4.69, 9.17) is 5.11 Å². The van der Waals surface area contributed by atoms with Crippen molar-refractivity contribution in [2.45, 2.75) is 13.3 Å². The van der Waals surface area contributed by atoms with Gasteiger partial charge in [0.05, 0.1) is 0 Å². The van der Waals surface area contributed by atoms with Crippen molar-refractivity contribution in [2.24, 2.45) is 11.8 Å². The number of carboxylic acid groups (broad SMARTS) is 1. The maximum atomic E-state index is 10.9. The van der Waals surface area contributed by atoms with Gasteiger partial charge >= 0.3 is 6.09 Å². The summed E-state index contributed by atoms with van der Waals surface area (Å²) in [6.07, 6.45) is 4.33. The van der Waals surface area contributed by atoms with Crippen LogP contribution in [-0.2, 0) is 0 Å². The van der Waals surface area contributed by atoms with E-state index in [0.29, 0.717) is 24.9 Å². The summed E-state index contributed by atoms with van der Waals surface area (Å²) >= 11 is 0. The highest BCUT2D eigenvalue weighted by atomic mass is 16.4. The third kappa shape index (κ3) is 1.88. The average Bonchev–Trinajstić information content (AvgIpc) is 2.87. The van der Waals surface area contributed by atoms with Crippen LogP contribution >= 0.6 is 0 Å².